The molecule has 0 aliphatic heterocycles. The van der Waals surface area contributed by atoms with Crippen LogP contribution in [0, 0.1) is 5.82 Å². The van der Waals surface area contributed by atoms with Gasteiger partial charge in [-0.1, -0.05) is 29.3 Å². The fraction of sp³-hybridized carbons (Fsp3) is 0.0769. The molecule has 0 aliphatic rings. The summed E-state index contributed by atoms with van der Waals surface area (Å²) in [5, 5.41) is 4.01. The van der Waals surface area contributed by atoms with E-state index >= 15 is 0 Å². The standard InChI is InChI=1S/C13H9BrCl2FN/c14-10-3-1-8(5-11(10)16)7-18-13-4-2-9(15)6-12(13)17/h1-6,18H,7H2. The minimum absolute atomic E-state index is 0.370. The largest absolute Gasteiger partial charge is 0.379 e. The molecule has 94 valence electrons. The van der Waals surface area contributed by atoms with Gasteiger partial charge in [0.1, 0.15) is 5.82 Å². The Morgan fingerprint density at radius 2 is 1.89 bits per heavy atom. The fourth-order valence-electron chi connectivity index (χ4n) is 1.48. The number of anilines is 1. The Bertz CT molecular complexity index is 575. The van der Waals surface area contributed by atoms with Crippen molar-refractivity contribution < 1.29 is 4.39 Å². The smallest absolute Gasteiger partial charge is 0.147 e. The van der Waals surface area contributed by atoms with Gasteiger partial charge in [0, 0.05) is 16.0 Å². The normalized spacial score (nSPS) is 10.4. The highest BCUT2D eigenvalue weighted by Gasteiger charge is 2.03. The average molecular weight is 349 g/mol. The summed E-state index contributed by atoms with van der Waals surface area (Å²) in [5.41, 5.74) is 1.39. The summed E-state index contributed by atoms with van der Waals surface area (Å²) >= 11 is 15.0. The van der Waals surface area contributed by atoms with Gasteiger partial charge >= 0.3 is 0 Å². The van der Waals surface area contributed by atoms with Gasteiger partial charge in [0.25, 0.3) is 0 Å². The van der Waals surface area contributed by atoms with E-state index in [9.17, 15) is 4.39 Å². The topological polar surface area (TPSA) is 12.0 Å². The molecule has 0 saturated carbocycles. The summed E-state index contributed by atoms with van der Waals surface area (Å²) in [7, 11) is 0. The molecule has 2 aromatic rings. The molecular formula is C13H9BrCl2FN. The number of hydrogen-bond acceptors (Lipinski definition) is 1. The Morgan fingerprint density at radius 1 is 1.11 bits per heavy atom. The van der Waals surface area contributed by atoms with Crippen LogP contribution < -0.4 is 5.32 Å². The Kier molecular flexibility index (Phi) is 4.49. The molecule has 18 heavy (non-hydrogen) atoms. The maximum Gasteiger partial charge on any atom is 0.147 e. The third-order valence-electron chi connectivity index (χ3n) is 2.40. The minimum Gasteiger partial charge on any atom is -0.379 e. The number of nitrogens with one attached hydrogen (secondary N) is 1. The van der Waals surface area contributed by atoms with E-state index in [-0.39, 0.29) is 5.82 Å². The van der Waals surface area contributed by atoms with Gasteiger partial charge in [-0.25, -0.2) is 4.39 Å². The van der Waals surface area contributed by atoms with Crippen LogP contribution in [0.4, 0.5) is 10.1 Å². The van der Waals surface area contributed by atoms with E-state index in [1.165, 1.54) is 6.07 Å². The molecule has 0 unspecified atom stereocenters. The highest BCUT2D eigenvalue weighted by Crippen LogP contribution is 2.24. The van der Waals surface area contributed by atoms with Gasteiger partial charge in [-0.3, -0.25) is 0 Å². The molecule has 5 heteroatoms. The van der Waals surface area contributed by atoms with Crippen LogP contribution in [0.5, 0.6) is 0 Å². The second-order valence-electron chi connectivity index (χ2n) is 3.73. The van der Waals surface area contributed by atoms with Crippen molar-refractivity contribution in [1.82, 2.24) is 0 Å². The van der Waals surface area contributed by atoms with Crippen LogP contribution in [-0.4, -0.2) is 0 Å². The van der Waals surface area contributed by atoms with Crippen LogP contribution in [-0.2, 0) is 6.54 Å². The lowest BCUT2D eigenvalue weighted by molar-refractivity contribution is 0.630. The maximum atomic E-state index is 13.5. The first-order valence-electron chi connectivity index (χ1n) is 5.19. The number of benzene rings is 2. The molecule has 2 rings (SSSR count). The molecule has 0 radical (unpaired) electrons. The minimum atomic E-state index is -0.370. The Morgan fingerprint density at radius 3 is 2.56 bits per heavy atom. The first-order valence-corrected chi connectivity index (χ1v) is 6.74. The molecule has 2 aromatic carbocycles. The van der Waals surface area contributed by atoms with E-state index in [4.69, 9.17) is 23.2 Å². The van der Waals surface area contributed by atoms with Gasteiger partial charge in [0.2, 0.25) is 0 Å². The quantitative estimate of drug-likeness (QED) is 0.771. The van der Waals surface area contributed by atoms with E-state index in [2.05, 4.69) is 21.2 Å². The molecule has 0 fully saturated rings. The van der Waals surface area contributed by atoms with Gasteiger partial charge in [0.15, 0.2) is 0 Å². The Balaban J connectivity index is 2.09. The molecule has 0 spiro atoms. The zero-order valence-electron chi connectivity index (χ0n) is 9.18. The van der Waals surface area contributed by atoms with Gasteiger partial charge in [-0.15, -0.1) is 0 Å². The first-order chi connectivity index (χ1) is 8.56. The predicted octanol–water partition coefficient (Wildman–Crippen LogP) is 5.51. The molecule has 1 nitrogen and oxygen atoms in total. The van der Waals surface area contributed by atoms with Gasteiger partial charge < -0.3 is 5.32 Å². The molecule has 0 amide bonds. The third kappa shape index (κ3) is 3.37. The molecular weight excluding hydrogens is 340 g/mol. The summed E-state index contributed by atoms with van der Waals surface area (Å²) < 4.78 is 14.4. The molecule has 0 atom stereocenters. The highest BCUT2D eigenvalue weighted by atomic mass is 79.9. The van der Waals surface area contributed by atoms with Crippen LogP contribution in [0.1, 0.15) is 5.56 Å². The van der Waals surface area contributed by atoms with E-state index in [1.807, 2.05) is 18.2 Å². The maximum absolute atomic E-state index is 13.5. The van der Waals surface area contributed by atoms with Crippen LogP contribution in [0.2, 0.25) is 10.0 Å². The molecule has 0 aliphatic carbocycles. The number of hydrogen-bond donors (Lipinski definition) is 1. The van der Waals surface area contributed by atoms with Crippen LogP contribution in [0.3, 0.4) is 0 Å². The second kappa shape index (κ2) is 5.91. The first kappa shape index (κ1) is 13.7. The zero-order chi connectivity index (χ0) is 13.1. The van der Waals surface area contributed by atoms with Crippen molar-refractivity contribution in [3.63, 3.8) is 0 Å². The molecule has 0 heterocycles. The number of halogens is 4. The lowest BCUT2D eigenvalue weighted by atomic mass is 10.2. The van der Waals surface area contributed by atoms with Crippen molar-refractivity contribution in [2.45, 2.75) is 6.54 Å². The molecule has 0 bridgehead atoms. The summed E-state index contributed by atoms with van der Waals surface area (Å²) in [6.45, 7) is 0.492. The van der Waals surface area contributed by atoms with Crippen LogP contribution in [0.15, 0.2) is 40.9 Å². The van der Waals surface area contributed by atoms with Gasteiger partial charge in [-0.2, -0.15) is 0 Å². The van der Waals surface area contributed by atoms with E-state index in [0.29, 0.717) is 22.3 Å². The van der Waals surface area contributed by atoms with E-state index in [0.717, 1.165) is 10.0 Å². The number of rotatable bonds is 3. The molecule has 0 saturated heterocycles. The van der Waals surface area contributed by atoms with Crippen molar-refractivity contribution in [3.05, 3.63) is 62.3 Å². The third-order valence-corrected chi connectivity index (χ3v) is 3.87. The summed E-state index contributed by atoms with van der Waals surface area (Å²) in [6, 6.07) is 10.1. The van der Waals surface area contributed by atoms with E-state index < -0.39 is 0 Å². The average Bonchev–Trinajstić information content (AvgIpc) is 2.32. The zero-order valence-corrected chi connectivity index (χ0v) is 12.3. The lowest BCUT2D eigenvalue weighted by Gasteiger charge is -2.08. The fourth-order valence-corrected chi connectivity index (χ4v) is 2.09. The summed E-state index contributed by atoms with van der Waals surface area (Å²) in [6.07, 6.45) is 0. The van der Waals surface area contributed by atoms with Crippen molar-refractivity contribution >= 4 is 44.8 Å². The van der Waals surface area contributed by atoms with E-state index in [1.54, 1.807) is 12.1 Å². The van der Waals surface area contributed by atoms with Gasteiger partial charge in [0.05, 0.1) is 10.7 Å². The predicted molar refractivity (Wildman–Crippen MR) is 77.9 cm³/mol. The van der Waals surface area contributed by atoms with Crippen LogP contribution >= 0.6 is 39.1 Å². The molecule has 0 aromatic heterocycles. The van der Waals surface area contributed by atoms with Crippen molar-refractivity contribution in [3.8, 4) is 0 Å². The highest BCUT2D eigenvalue weighted by molar-refractivity contribution is 9.10. The van der Waals surface area contributed by atoms with Crippen LogP contribution in [0.25, 0.3) is 0 Å². The summed E-state index contributed by atoms with van der Waals surface area (Å²) in [5.74, 6) is -0.370. The van der Waals surface area contributed by atoms with Gasteiger partial charge in [-0.05, 0) is 51.8 Å². The SMILES string of the molecule is Fc1cc(Cl)ccc1NCc1ccc(Br)c(Cl)c1. The monoisotopic (exact) mass is 347 g/mol. The lowest BCUT2D eigenvalue weighted by Crippen LogP contribution is -2.01. The second-order valence-corrected chi connectivity index (χ2v) is 5.42. The molecule has 1 N–H and O–H groups in total. The Hall–Kier alpha value is -0.770. The van der Waals surface area contributed by atoms with Crippen molar-refractivity contribution in [2.24, 2.45) is 0 Å². The Labute approximate surface area is 123 Å². The van der Waals surface area contributed by atoms with Crippen molar-refractivity contribution in [1.29, 1.82) is 0 Å². The summed E-state index contributed by atoms with van der Waals surface area (Å²) in [4.78, 5) is 0. The van der Waals surface area contributed by atoms with Crippen molar-refractivity contribution in [2.75, 3.05) is 5.32 Å².